The highest BCUT2D eigenvalue weighted by molar-refractivity contribution is 6.18. The van der Waals surface area contributed by atoms with Crippen molar-refractivity contribution in [3.05, 3.63) is 337 Å². The molecule has 0 radical (unpaired) electrons. The molecule has 2 heteroatoms. The van der Waals surface area contributed by atoms with Crippen molar-refractivity contribution in [3.63, 3.8) is 0 Å². The Kier molecular flexibility index (Phi) is 11.7. The van der Waals surface area contributed by atoms with E-state index in [-0.39, 0.29) is 5.41 Å². The third-order valence-electron chi connectivity index (χ3n) is 20.4. The fraction of sp³-hybridized carbons (Fsp3) is 0.0330. The van der Waals surface area contributed by atoms with Crippen molar-refractivity contribution in [2.45, 2.75) is 19.3 Å². The van der Waals surface area contributed by atoms with Crippen LogP contribution in [-0.4, -0.2) is 9.13 Å². The van der Waals surface area contributed by atoms with Gasteiger partial charge in [-0.3, -0.25) is 0 Å². The molecule has 434 valence electrons. The summed E-state index contributed by atoms with van der Waals surface area (Å²) >= 11 is 0. The van der Waals surface area contributed by atoms with E-state index in [0.29, 0.717) is 0 Å². The molecule has 0 spiro atoms. The van der Waals surface area contributed by atoms with Crippen LogP contribution in [-0.2, 0) is 5.41 Å². The Hall–Kier alpha value is -11.8. The van der Waals surface area contributed by atoms with Crippen LogP contribution >= 0.6 is 0 Å². The molecule has 18 aromatic rings. The van der Waals surface area contributed by atoms with Gasteiger partial charge in [-0.1, -0.05) is 269 Å². The molecule has 0 N–H and O–H groups in total. The Morgan fingerprint density at radius 3 is 1.00 bits per heavy atom. The van der Waals surface area contributed by atoms with Crippen molar-refractivity contribution < 1.29 is 0 Å². The number of para-hydroxylation sites is 2. The first-order chi connectivity index (χ1) is 45.8. The summed E-state index contributed by atoms with van der Waals surface area (Å²) in [4.78, 5) is 0. The third kappa shape index (κ3) is 8.49. The predicted octanol–water partition coefficient (Wildman–Crippen LogP) is 24.8. The zero-order chi connectivity index (χ0) is 61.5. The largest absolute Gasteiger partial charge is 0.309 e. The van der Waals surface area contributed by atoms with Crippen LogP contribution in [0.2, 0.25) is 0 Å². The second-order valence-corrected chi connectivity index (χ2v) is 26.0. The molecule has 0 saturated heterocycles. The molecule has 2 nitrogen and oxygen atoms in total. The van der Waals surface area contributed by atoms with E-state index in [4.69, 9.17) is 0 Å². The summed E-state index contributed by atoms with van der Waals surface area (Å²) in [5.74, 6) is 0. The van der Waals surface area contributed by atoms with Gasteiger partial charge in [-0.05, 0) is 193 Å². The summed E-state index contributed by atoms with van der Waals surface area (Å²) in [7, 11) is 0. The minimum atomic E-state index is -0.152. The maximum absolute atomic E-state index is 2.47. The highest BCUT2D eigenvalue weighted by atomic mass is 15.0. The summed E-state index contributed by atoms with van der Waals surface area (Å²) < 4.78 is 4.93. The molecule has 1 aliphatic rings. The van der Waals surface area contributed by atoms with Crippen LogP contribution in [0.1, 0.15) is 47.2 Å². The third-order valence-corrected chi connectivity index (χ3v) is 20.4. The van der Waals surface area contributed by atoms with Crippen LogP contribution in [0.15, 0.2) is 303 Å². The lowest BCUT2D eigenvalue weighted by Crippen LogP contribution is -2.15. The fourth-order valence-electron chi connectivity index (χ4n) is 15.7. The minimum Gasteiger partial charge on any atom is -0.309 e. The summed E-state index contributed by atoms with van der Waals surface area (Å²) in [6.45, 7) is 4.75. The topological polar surface area (TPSA) is 9.86 Å². The maximum atomic E-state index is 2.47. The van der Waals surface area contributed by atoms with Gasteiger partial charge in [0.25, 0.3) is 0 Å². The molecular weight excluding hydrogens is 1120 g/mol. The molecule has 0 saturated carbocycles. The van der Waals surface area contributed by atoms with Crippen molar-refractivity contribution in [2.24, 2.45) is 0 Å². The van der Waals surface area contributed by atoms with Gasteiger partial charge in [0.05, 0.1) is 33.4 Å². The van der Waals surface area contributed by atoms with Crippen molar-refractivity contribution in [1.82, 2.24) is 9.13 Å². The van der Waals surface area contributed by atoms with Gasteiger partial charge in [0.2, 0.25) is 0 Å². The first kappa shape index (κ1) is 53.0. The average Bonchev–Trinajstić information content (AvgIpc) is 1.64. The Morgan fingerprint density at radius 1 is 0.226 bits per heavy atom. The van der Waals surface area contributed by atoms with Crippen LogP contribution in [0.3, 0.4) is 0 Å². The molecule has 19 rings (SSSR count). The van der Waals surface area contributed by atoms with Crippen molar-refractivity contribution in [2.75, 3.05) is 0 Å². The number of nitrogens with zero attached hydrogens (tertiary/aromatic N) is 2. The van der Waals surface area contributed by atoms with E-state index in [1.807, 2.05) is 0 Å². The lowest BCUT2D eigenvalue weighted by atomic mass is 9.81. The van der Waals surface area contributed by atoms with Gasteiger partial charge in [-0.25, -0.2) is 0 Å². The molecule has 16 aromatic carbocycles. The van der Waals surface area contributed by atoms with Gasteiger partial charge in [0.15, 0.2) is 0 Å². The molecule has 0 bridgehead atoms. The summed E-state index contributed by atoms with van der Waals surface area (Å²) in [5.41, 5.74) is 22.1. The van der Waals surface area contributed by atoms with Crippen molar-refractivity contribution in [1.29, 1.82) is 0 Å². The first-order valence-electron chi connectivity index (χ1n) is 32.4. The zero-order valence-electron chi connectivity index (χ0n) is 51.6. The zero-order valence-corrected chi connectivity index (χ0v) is 51.6. The minimum absolute atomic E-state index is 0.152. The smallest absolute Gasteiger partial charge is 0.0546 e. The van der Waals surface area contributed by atoms with Gasteiger partial charge in [0, 0.05) is 37.7 Å². The normalized spacial score (nSPS) is 13.1. The van der Waals surface area contributed by atoms with Gasteiger partial charge < -0.3 is 9.13 Å². The van der Waals surface area contributed by atoms with Crippen LogP contribution in [0.4, 0.5) is 0 Å². The van der Waals surface area contributed by atoms with E-state index in [1.54, 1.807) is 0 Å². The molecular formula is C91H60N2. The SMILES string of the molecule is CC1(C)c2cc(C=Cc3ccc4cc(-c5ccc6c(c5)c5ccccc5n6-c5cc6ccccc6c6ccccc56)ccc4c3)ccc2-c2ccc(C=Cc3ccc4cc(-c5ccc6c(c5)c5ccccc5n6-c5cc6ccccc6c6ccccc56)ccc4c3)cc21. The molecule has 0 atom stereocenters. The van der Waals surface area contributed by atoms with Gasteiger partial charge in [-0.15, -0.1) is 0 Å². The predicted molar refractivity (Wildman–Crippen MR) is 399 cm³/mol. The number of fused-ring (bicyclic) bond motifs is 17. The van der Waals surface area contributed by atoms with E-state index >= 15 is 0 Å². The maximum Gasteiger partial charge on any atom is 0.0546 e. The number of benzene rings is 16. The van der Waals surface area contributed by atoms with Crippen molar-refractivity contribution >= 4 is 133 Å². The monoisotopic (exact) mass is 1180 g/mol. The van der Waals surface area contributed by atoms with Gasteiger partial charge >= 0.3 is 0 Å². The molecule has 2 heterocycles. The molecule has 0 aliphatic heterocycles. The molecule has 0 unspecified atom stereocenters. The van der Waals surface area contributed by atoms with E-state index in [0.717, 1.165) is 0 Å². The quantitative estimate of drug-likeness (QED) is 0.106. The Labute approximate surface area is 539 Å². The highest BCUT2D eigenvalue weighted by Gasteiger charge is 2.35. The summed E-state index contributed by atoms with van der Waals surface area (Å²) in [5, 5.41) is 20.0. The van der Waals surface area contributed by atoms with Crippen LogP contribution in [0.5, 0.6) is 0 Å². The van der Waals surface area contributed by atoms with Crippen LogP contribution in [0.25, 0.3) is 177 Å². The molecule has 1 aliphatic carbocycles. The standard InChI is InChI=1S/C91H60N2/c1-91(2)83-49-59(29-27-57-31-35-63-51-65(39-37-61(63)47-57)67-41-45-87-81(53-67)79-23-11-13-25-85(79)92(87)89-55-69-15-3-5-17-71(69)73-19-7-9-21-77(73)89)33-43-75(83)76-44-34-60(50-84(76)91)30-28-58-32-36-64-52-66(40-38-62(64)48-58)68-42-46-88-82(54-68)80-24-12-14-26-86(80)93(88)90-56-70-16-4-6-18-72(70)74-20-8-10-22-78(74)90/h3-56H,1-2H3. The van der Waals surface area contributed by atoms with Crippen LogP contribution < -0.4 is 0 Å². The number of aromatic nitrogens is 2. The molecule has 0 fully saturated rings. The molecule has 0 amide bonds. The fourth-order valence-corrected chi connectivity index (χ4v) is 15.7. The summed E-state index contributed by atoms with van der Waals surface area (Å²) in [6, 6.07) is 113. The average molecular weight is 1180 g/mol. The Balaban J connectivity index is 0.559. The molecule has 93 heavy (non-hydrogen) atoms. The highest BCUT2D eigenvalue weighted by Crippen LogP contribution is 2.50. The summed E-state index contributed by atoms with van der Waals surface area (Å²) in [6.07, 6.45) is 9.06. The second-order valence-electron chi connectivity index (χ2n) is 26.0. The number of hydrogen-bond acceptors (Lipinski definition) is 0. The van der Waals surface area contributed by atoms with E-state index < -0.39 is 0 Å². The van der Waals surface area contributed by atoms with Crippen molar-refractivity contribution in [3.8, 4) is 44.8 Å². The Bertz CT molecular complexity index is 5890. The van der Waals surface area contributed by atoms with E-state index in [1.165, 1.54) is 186 Å². The van der Waals surface area contributed by atoms with Gasteiger partial charge in [-0.2, -0.15) is 0 Å². The number of hydrogen-bond donors (Lipinski definition) is 0. The Morgan fingerprint density at radius 2 is 0.548 bits per heavy atom. The number of rotatable bonds is 8. The van der Waals surface area contributed by atoms with Gasteiger partial charge in [0.1, 0.15) is 0 Å². The van der Waals surface area contributed by atoms with E-state index in [9.17, 15) is 0 Å². The first-order valence-corrected chi connectivity index (χ1v) is 32.4. The van der Waals surface area contributed by atoms with Crippen LogP contribution in [0, 0.1) is 0 Å². The van der Waals surface area contributed by atoms with E-state index in [2.05, 4.69) is 351 Å². The lowest BCUT2D eigenvalue weighted by Gasteiger charge is -2.22. The second kappa shape index (κ2) is 20.6. The lowest BCUT2D eigenvalue weighted by molar-refractivity contribution is 0.660. The molecule has 2 aromatic heterocycles.